The molecule has 4 N–H and O–H groups in total. The minimum atomic E-state index is -0.911. The molecule has 0 heterocycles. The minimum absolute atomic E-state index is 0.483. The summed E-state index contributed by atoms with van der Waals surface area (Å²) in [6.45, 7) is 1.52. The molecule has 6 nitrogen and oxygen atoms in total. The van der Waals surface area contributed by atoms with Gasteiger partial charge in [-0.2, -0.15) is 0 Å². The van der Waals surface area contributed by atoms with Gasteiger partial charge in [0.1, 0.15) is 5.75 Å². The standard InChI is InChI=1S/C14H18N2O4/c1-8(13(18)16-14(15)19)20-10-6-5-9-3-2-4-12(17)11(9)7-10/h5-8,12,17H,2-4H2,1H3,(H3,15,16,18,19)/t8?,12-/m1/s1. The lowest BCUT2D eigenvalue weighted by Crippen LogP contribution is -2.42. The molecule has 0 bridgehead atoms. The number of amides is 3. The second kappa shape index (κ2) is 5.92. The Morgan fingerprint density at radius 2 is 2.25 bits per heavy atom. The highest BCUT2D eigenvalue weighted by molar-refractivity contribution is 5.95. The fraction of sp³-hybridized carbons (Fsp3) is 0.429. The van der Waals surface area contributed by atoms with E-state index in [1.807, 2.05) is 11.4 Å². The predicted octanol–water partition coefficient (Wildman–Crippen LogP) is 1.02. The average Bonchev–Trinajstić information content (AvgIpc) is 2.39. The zero-order valence-electron chi connectivity index (χ0n) is 11.3. The zero-order valence-corrected chi connectivity index (χ0v) is 11.3. The van der Waals surface area contributed by atoms with Gasteiger partial charge in [0.05, 0.1) is 6.10 Å². The maximum absolute atomic E-state index is 11.5. The molecule has 1 unspecified atom stereocenters. The summed E-state index contributed by atoms with van der Waals surface area (Å²) < 4.78 is 5.46. The molecule has 0 aromatic heterocycles. The Hall–Kier alpha value is -2.08. The highest BCUT2D eigenvalue weighted by atomic mass is 16.5. The summed E-state index contributed by atoms with van der Waals surface area (Å²) in [5.41, 5.74) is 6.82. The molecule has 1 aliphatic carbocycles. The molecule has 20 heavy (non-hydrogen) atoms. The van der Waals surface area contributed by atoms with Crippen molar-refractivity contribution in [1.29, 1.82) is 0 Å². The average molecular weight is 278 g/mol. The Balaban J connectivity index is 2.08. The van der Waals surface area contributed by atoms with Crippen LogP contribution in [0.15, 0.2) is 18.2 Å². The minimum Gasteiger partial charge on any atom is -0.481 e. The number of imide groups is 1. The van der Waals surface area contributed by atoms with Crippen LogP contribution in [0.3, 0.4) is 0 Å². The van der Waals surface area contributed by atoms with E-state index >= 15 is 0 Å². The molecule has 0 saturated heterocycles. The molecule has 2 rings (SSSR count). The lowest BCUT2D eigenvalue weighted by Gasteiger charge is -2.22. The van der Waals surface area contributed by atoms with Gasteiger partial charge in [0.15, 0.2) is 6.10 Å². The Kier molecular flexibility index (Phi) is 4.24. The molecular weight excluding hydrogens is 260 g/mol. The van der Waals surface area contributed by atoms with Crippen molar-refractivity contribution in [3.05, 3.63) is 29.3 Å². The summed E-state index contributed by atoms with van der Waals surface area (Å²) in [4.78, 5) is 22.1. The number of hydrogen-bond acceptors (Lipinski definition) is 4. The van der Waals surface area contributed by atoms with E-state index in [1.54, 1.807) is 12.1 Å². The van der Waals surface area contributed by atoms with Gasteiger partial charge in [-0.1, -0.05) is 6.07 Å². The first-order valence-corrected chi connectivity index (χ1v) is 6.55. The Labute approximate surface area is 116 Å². The van der Waals surface area contributed by atoms with Crippen molar-refractivity contribution in [3.63, 3.8) is 0 Å². The molecule has 108 valence electrons. The van der Waals surface area contributed by atoms with E-state index in [0.29, 0.717) is 5.75 Å². The molecule has 0 aliphatic heterocycles. The number of primary amides is 1. The Morgan fingerprint density at radius 1 is 1.50 bits per heavy atom. The maximum Gasteiger partial charge on any atom is 0.318 e. The Bertz CT molecular complexity index is 530. The SMILES string of the molecule is CC(Oc1ccc2c(c1)[C@H](O)CCC2)C(=O)NC(N)=O. The third-order valence-electron chi connectivity index (χ3n) is 3.33. The van der Waals surface area contributed by atoms with E-state index in [4.69, 9.17) is 10.5 Å². The smallest absolute Gasteiger partial charge is 0.318 e. The first kappa shape index (κ1) is 14.3. The lowest BCUT2D eigenvalue weighted by molar-refractivity contribution is -0.126. The predicted molar refractivity (Wildman–Crippen MR) is 72.2 cm³/mol. The number of nitrogens with one attached hydrogen (secondary N) is 1. The number of carbonyl (C=O) groups is 2. The fourth-order valence-electron chi connectivity index (χ4n) is 2.31. The van der Waals surface area contributed by atoms with Crippen LogP contribution >= 0.6 is 0 Å². The number of rotatable bonds is 3. The van der Waals surface area contributed by atoms with Crippen LogP contribution in [0.2, 0.25) is 0 Å². The topological polar surface area (TPSA) is 102 Å². The maximum atomic E-state index is 11.5. The molecule has 1 aliphatic rings. The lowest BCUT2D eigenvalue weighted by atomic mass is 9.89. The van der Waals surface area contributed by atoms with Gasteiger partial charge >= 0.3 is 6.03 Å². The molecule has 0 radical (unpaired) electrons. The van der Waals surface area contributed by atoms with Gasteiger partial charge in [0, 0.05) is 0 Å². The van der Waals surface area contributed by atoms with Crippen LogP contribution < -0.4 is 15.8 Å². The van der Waals surface area contributed by atoms with E-state index in [2.05, 4.69) is 0 Å². The van der Waals surface area contributed by atoms with Crippen molar-refractivity contribution < 1.29 is 19.4 Å². The third kappa shape index (κ3) is 3.27. The van der Waals surface area contributed by atoms with Crippen molar-refractivity contribution in [2.24, 2.45) is 5.73 Å². The number of ether oxygens (including phenoxy) is 1. The highest BCUT2D eigenvalue weighted by Crippen LogP contribution is 2.32. The monoisotopic (exact) mass is 278 g/mol. The van der Waals surface area contributed by atoms with Crippen LogP contribution in [0.4, 0.5) is 4.79 Å². The second-order valence-corrected chi connectivity index (χ2v) is 4.88. The highest BCUT2D eigenvalue weighted by Gasteiger charge is 2.20. The molecule has 1 aromatic rings. The normalized spacial score (nSPS) is 18.8. The van der Waals surface area contributed by atoms with Gasteiger partial charge in [0.25, 0.3) is 5.91 Å². The first-order chi connectivity index (χ1) is 9.47. The number of aryl methyl sites for hydroxylation is 1. The van der Waals surface area contributed by atoms with E-state index in [1.165, 1.54) is 6.92 Å². The quantitative estimate of drug-likeness (QED) is 0.768. The van der Waals surface area contributed by atoms with Gasteiger partial charge in [0.2, 0.25) is 0 Å². The molecule has 0 fully saturated rings. The molecule has 6 heteroatoms. The molecule has 0 spiro atoms. The van der Waals surface area contributed by atoms with E-state index < -0.39 is 24.1 Å². The summed E-state index contributed by atoms with van der Waals surface area (Å²) >= 11 is 0. The summed E-state index contributed by atoms with van der Waals surface area (Å²) in [7, 11) is 0. The van der Waals surface area contributed by atoms with Crippen LogP contribution in [-0.2, 0) is 11.2 Å². The zero-order chi connectivity index (χ0) is 14.7. The van der Waals surface area contributed by atoms with Gasteiger partial charge in [-0.05, 0) is 49.4 Å². The van der Waals surface area contributed by atoms with E-state index in [0.717, 1.165) is 30.4 Å². The number of urea groups is 1. The van der Waals surface area contributed by atoms with Gasteiger partial charge in [-0.25, -0.2) is 4.79 Å². The second-order valence-electron chi connectivity index (χ2n) is 4.88. The molecule has 3 amide bonds. The van der Waals surface area contributed by atoms with Crippen molar-refractivity contribution in [3.8, 4) is 5.75 Å². The summed E-state index contributed by atoms with van der Waals surface area (Å²) in [5.74, 6) is -0.118. The Morgan fingerprint density at radius 3 is 2.95 bits per heavy atom. The van der Waals surface area contributed by atoms with Crippen LogP contribution in [0.1, 0.15) is 37.0 Å². The van der Waals surface area contributed by atoms with Gasteiger partial charge in [-0.15, -0.1) is 0 Å². The largest absolute Gasteiger partial charge is 0.481 e. The van der Waals surface area contributed by atoms with Crippen LogP contribution in [0.5, 0.6) is 5.75 Å². The van der Waals surface area contributed by atoms with Crippen molar-refractivity contribution in [2.75, 3.05) is 0 Å². The number of fused-ring (bicyclic) bond motifs is 1. The molecule has 0 saturated carbocycles. The number of aliphatic hydroxyl groups excluding tert-OH is 1. The van der Waals surface area contributed by atoms with Gasteiger partial charge in [-0.3, -0.25) is 10.1 Å². The number of hydrogen-bond donors (Lipinski definition) is 3. The van der Waals surface area contributed by atoms with Crippen LogP contribution in [0.25, 0.3) is 0 Å². The van der Waals surface area contributed by atoms with Crippen molar-refractivity contribution >= 4 is 11.9 Å². The van der Waals surface area contributed by atoms with Crippen molar-refractivity contribution in [2.45, 2.75) is 38.4 Å². The van der Waals surface area contributed by atoms with Gasteiger partial charge < -0.3 is 15.6 Å². The molecule has 1 aromatic carbocycles. The van der Waals surface area contributed by atoms with Crippen LogP contribution in [0, 0.1) is 0 Å². The summed E-state index contributed by atoms with van der Waals surface area (Å²) in [6, 6.07) is 4.48. The van der Waals surface area contributed by atoms with Crippen molar-refractivity contribution in [1.82, 2.24) is 5.32 Å². The summed E-state index contributed by atoms with van der Waals surface area (Å²) in [5, 5.41) is 11.9. The number of aliphatic hydroxyl groups is 1. The number of nitrogens with two attached hydrogens (primary N) is 1. The fourth-order valence-corrected chi connectivity index (χ4v) is 2.31. The first-order valence-electron chi connectivity index (χ1n) is 6.55. The summed E-state index contributed by atoms with van der Waals surface area (Å²) in [6.07, 6.45) is 1.29. The number of carbonyl (C=O) groups excluding carboxylic acids is 2. The van der Waals surface area contributed by atoms with Crippen LogP contribution in [-0.4, -0.2) is 23.1 Å². The third-order valence-corrected chi connectivity index (χ3v) is 3.33. The van der Waals surface area contributed by atoms with E-state index in [9.17, 15) is 14.7 Å². The molecular formula is C14H18N2O4. The van der Waals surface area contributed by atoms with E-state index in [-0.39, 0.29) is 0 Å². The molecule has 2 atom stereocenters. The number of benzene rings is 1.